The Bertz CT molecular complexity index is 307. The zero-order valence-electron chi connectivity index (χ0n) is 8.51. The van der Waals surface area contributed by atoms with E-state index in [4.69, 9.17) is 0 Å². The summed E-state index contributed by atoms with van der Waals surface area (Å²) in [6.07, 6.45) is -4.63. The molecule has 2 nitrogen and oxygen atoms in total. The molecule has 0 bridgehead atoms. The first-order valence-corrected chi connectivity index (χ1v) is 4.49. The van der Waals surface area contributed by atoms with E-state index in [1.165, 1.54) is 12.1 Å². The molecule has 0 saturated carbocycles. The highest BCUT2D eigenvalue weighted by Crippen LogP contribution is 2.24. The summed E-state index contributed by atoms with van der Waals surface area (Å²) in [6, 6.07) is 5.78. The maximum Gasteiger partial charge on any atom is 0.573 e. The molecule has 0 saturated heterocycles. The number of hydrogen-bond donors (Lipinski definition) is 0. The second kappa shape index (κ2) is 4.42. The summed E-state index contributed by atoms with van der Waals surface area (Å²) < 4.78 is 39.3. The van der Waals surface area contributed by atoms with E-state index < -0.39 is 6.36 Å². The van der Waals surface area contributed by atoms with Crippen LogP contribution in [-0.4, -0.2) is 20.0 Å². The van der Waals surface area contributed by atoms with Crippen molar-refractivity contribution in [2.75, 3.05) is 18.5 Å². The van der Waals surface area contributed by atoms with Crippen molar-refractivity contribution in [2.24, 2.45) is 0 Å². The lowest BCUT2D eigenvalue weighted by Gasteiger charge is -2.17. The van der Waals surface area contributed by atoms with Crippen LogP contribution in [0.15, 0.2) is 24.3 Å². The number of benzene rings is 1. The maximum atomic E-state index is 11.8. The minimum Gasteiger partial charge on any atom is -0.406 e. The highest BCUT2D eigenvalue weighted by molar-refractivity contribution is 5.48. The molecule has 0 aliphatic rings. The highest BCUT2D eigenvalue weighted by atomic mass is 19.4. The van der Waals surface area contributed by atoms with Gasteiger partial charge in [-0.15, -0.1) is 13.2 Å². The van der Waals surface area contributed by atoms with Crippen molar-refractivity contribution >= 4 is 5.69 Å². The van der Waals surface area contributed by atoms with Gasteiger partial charge in [0, 0.05) is 19.3 Å². The molecule has 0 unspecified atom stereocenters. The third-order valence-electron chi connectivity index (χ3n) is 1.99. The van der Waals surface area contributed by atoms with Gasteiger partial charge in [-0.3, -0.25) is 0 Å². The average Bonchev–Trinajstić information content (AvgIpc) is 2.15. The van der Waals surface area contributed by atoms with Crippen molar-refractivity contribution in [1.82, 2.24) is 0 Å². The Kier molecular flexibility index (Phi) is 3.44. The lowest BCUT2D eigenvalue weighted by molar-refractivity contribution is -0.274. The van der Waals surface area contributed by atoms with Crippen LogP contribution < -0.4 is 9.64 Å². The van der Waals surface area contributed by atoms with Crippen LogP contribution in [0.25, 0.3) is 0 Å². The number of ether oxygens (including phenoxy) is 1. The van der Waals surface area contributed by atoms with Crippen molar-refractivity contribution in [3.63, 3.8) is 0 Å². The maximum absolute atomic E-state index is 11.8. The summed E-state index contributed by atoms with van der Waals surface area (Å²) in [5.74, 6) is -0.198. The lowest BCUT2D eigenvalue weighted by atomic mass is 10.3. The van der Waals surface area contributed by atoms with Crippen LogP contribution in [0.4, 0.5) is 18.9 Å². The number of rotatable bonds is 3. The Hall–Kier alpha value is -1.39. The molecule has 0 heterocycles. The second-order valence-electron chi connectivity index (χ2n) is 3.06. The number of alkyl halides is 3. The Balaban J connectivity index is 2.72. The molecule has 0 N–H and O–H groups in total. The average molecular weight is 219 g/mol. The van der Waals surface area contributed by atoms with Crippen LogP contribution in [0.3, 0.4) is 0 Å². The summed E-state index contributed by atoms with van der Waals surface area (Å²) in [5, 5.41) is 0. The number of nitrogens with zero attached hydrogens (tertiary/aromatic N) is 1. The van der Waals surface area contributed by atoms with Crippen molar-refractivity contribution in [1.29, 1.82) is 0 Å². The summed E-state index contributed by atoms with van der Waals surface area (Å²) in [6.45, 7) is 2.75. The van der Waals surface area contributed by atoms with E-state index in [0.29, 0.717) is 0 Å². The second-order valence-corrected chi connectivity index (χ2v) is 3.06. The van der Waals surface area contributed by atoms with Crippen molar-refractivity contribution in [3.05, 3.63) is 24.3 Å². The molecular weight excluding hydrogens is 207 g/mol. The molecule has 1 aromatic carbocycles. The topological polar surface area (TPSA) is 12.5 Å². The normalized spacial score (nSPS) is 11.3. The van der Waals surface area contributed by atoms with E-state index in [9.17, 15) is 13.2 Å². The van der Waals surface area contributed by atoms with E-state index in [2.05, 4.69) is 4.74 Å². The Morgan fingerprint density at radius 1 is 1.20 bits per heavy atom. The fraction of sp³-hybridized carbons (Fsp3) is 0.400. The fourth-order valence-corrected chi connectivity index (χ4v) is 1.08. The van der Waals surface area contributed by atoms with Crippen molar-refractivity contribution in [3.8, 4) is 5.75 Å². The van der Waals surface area contributed by atoms with E-state index in [1.807, 2.05) is 18.9 Å². The van der Waals surface area contributed by atoms with Crippen LogP contribution >= 0.6 is 0 Å². The first-order chi connectivity index (χ1) is 6.92. The van der Waals surface area contributed by atoms with E-state index >= 15 is 0 Å². The third-order valence-corrected chi connectivity index (χ3v) is 1.99. The summed E-state index contributed by atoms with van der Waals surface area (Å²) in [7, 11) is 1.86. The van der Waals surface area contributed by atoms with Gasteiger partial charge in [0.05, 0.1) is 0 Å². The molecule has 0 aromatic heterocycles. The molecule has 1 rings (SSSR count). The predicted molar refractivity (Wildman–Crippen MR) is 52.1 cm³/mol. The van der Waals surface area contributed by atoms with Gasteiger partial charge < -0.3 is 9.64 Å². The molecule has 0 aliphatic carbocycles. The van der Waals surface area contributed by atoms with Crippen molar-refractivity contribution < 1.29 is 17.9 Å². The van der Waals surface area contributed by atoms with Gasteiger partial charge >= 0.3 is 6.36 Å². The lowest BCUT2D eigenvalue weighted by Crippen LogP contribution is -2.18. The quantitative estimate of drug-likeness (QED) is 0.774. The van der Waals surface area contributed by atoms with E-state index in [0.717, 1.165) is 12.2 Å². The standard InChI is InChI=1S/C10H12F3NO/c1-3-14(2)8-4-6-9(7-5-8)15-10(11,12)13/h4-7H,3H2,1-2H3. The van der Waals surface area contributed by atoms with Crippen LogP contribution in [0.5, 0.6) is 5.75 Å². The molecule has 0 atom stereocenters. The van der Waals surface area contributed by atoms with Gasteiger partial charge in [-0.1, -0.05) is 0 Å². The SMILES string of the molecule is CCN(C)c1ccc(OC(F)(F)F)cc1. The smallest absolute Gasteiger partial charge is 0.406 e. The molecule has 0 amide bonds. The molecular formula is C10H12F3NO. The molecule has 0 aliphatic heterocycles. The van der Waals surface area contributed by atoms with E-state index in [-0.39, 0.29) is 5.75 Å². The minimum atomic E-state index is -4.63. The molecule has 0 fully saturated rings. The monoisotopic (exact) mass is 219 g/mol. The summed E-state index contributed by atoms with van der Waals surface area (Å²) >= 11 is 0. The first-order valence-electron chi connectivity index (χ1n) is 4.49. The van der Waals surface area contributed by atoms with Gasteiger partial charge in [-0.05, 0) is 31.2 Å². The van der Waals surface area contributed by atoms with E-state index in [1.54, 1.807) is 12.1 Å². The number of halogens is 3. The van der Waals surface area contributed by atoms with Crippen LogP contribution in [-0.2, 0) is 0 Å². The van der Waals surface area contributed by atoms with Crippen molar-refractivity contribution in [2.45, 2.75) is 13.3 Å². The molecule has 0 radical (unpaired) electrons. The Morgan fingerprint density at radius 3 is 2.13 bits per heavy atom. The third kappa shape index (κ3) is 3.69. The number of hydrogen-bond acceptors (Lipinski definition) is 2. The van der Waals surface area contributed by atoms with Gasteiger partial charge in [-0.25, -0.2) is 0 Å². The zero-order chi connectivity index (χ0) is 11.5. The molecule has 84 valence electrons. The molecule has 0 spiro atoms. The van der Waals surface area contributed by atoms with Crippen LogP contribution in [0.1, 0.15) is 6.92 Å². The van der Waals surface area contributed by atoms with Gasteiger partial charge in [0.25, 0.3) is 0 Å². The predicted octanol–water partition coefficient (Wildman–Crippen LogP) is 3.04. The van der Waals surface area contributed by atoms with Gasteiger partial charge in [0.1, 0.15) is 5.75 Å². The first kappa shape index (κ1) is 11.7. The molecule has 1 aromatic rings. The zero-order valence-corrected chi connectivity index (χ0v) is 8.51. The van der Waals surface area contributed by atoms with Crippen LogP contribution in [0, 0.1) is 0 Å². The fourth-order valence-electron chi connectivity index (χ4n) is 1.08. The molecule has 5 heteroatoms. The van der Waals surface area contributed by atoms with Gasteiger partial charge in [0.15, 0.2) is 0 Å². The van der Waals surface area contributed by atoms with Gasteiger partial charge in [-0.2, -0.15) is 0 Å². The molecule has 15 heavy (non-hydrogen) atoms. The number of anilines is 1. The minimum absolute atomic E-state index is 0.198. The summed E-state index contributed by atoms with van der Waals surface area (Å²) in [4.78, 5) is 1.91. The largest absolute Gasteiger partial charge is 0.573 e. The summed E-state index contributed by atoms with van der Waals surface area (Å²) in [5.41, 5.74) is 0.854. The highest BCUT2D eigenvalue weighted by Gasteiger charge is 2.30. The Morgan fingerprint density at radius 2 is 1.73 bits per heavy atom. The Labute approximate surface area is 86.3 Å². The van der Waals surface area contributed by atoms with Gasteiger partial charge in [0.2, 0.25) is 0 Å². The van der Waals surface area contributed by atoms with Crippen LogP contribution in [0.2, 0.25) is 0 Å².